The van der Waals surface area contributed by atoms with Gasteiger partial charge in [-0.3, -0.25) is 0 Å². The molecule has 23 heavy (non-hydrogen) atoms. The molecule has 0 amide bonds. The fourth-order valence-corrected chi connectivity index (χ4v) is 2.61. The van der Waals surface area contributed by atoms with Crippen molar-refractivity contribution in [3.05, 3.63) is 65.7 Å². The molecule has 2 aromatic carbocycles. The van der Waals surface area contributed by atoms with Gasteiger partial charge in [-0.1, -0.05) is 48.0 Å². The van der Waals surface area contributed by atoms with Gasteiger partial charge in [-0.2, -0.15) is 18.4 Å². The zero-order chi connectivity index (χ0) is 16.9. The van der Waals surface area contributed by atoms with E-state index < -0.39 is 16.0 Å². The first-order chi connectivity index (χ1) is 10.9. The Hall–Kier alpha value is -2.67. The molecular formula is C16H16N2O4S. The predicted molar refractivity (Wildman–Crippen MR) is 86.5 cm³/mol. The number of benzene rings is 2. The van der Waals surface area contributed by atoms with E-state index in [4.69, 9.17) is 0 Å². The lowest BCUT2D eigenvalue weighted by molar-refractivity contribution is -0.132. The number of nitrogens with zero attached hydrogens (tertiary/aromatic N) is 1. The lowest BCUT2D eigenvalue weighted by Crippen LogP contribution is -2.25. The van der Waals surface area contributed by atoms with Crippen molar-refractivity contribution in [3.63, 3.8) is 0 Å². The van der Waals surface area contributed by atoms with Crippen LogP contribution in [0.2, 0.25) is 0 Å². The Balaban J connectivity index is 2.33. The van der Waals surface area contributed by atoms with E-state index in [2.05, 4.69) is 14.7 Å². The van der Waals surface area contributed by atoms with Crippen molar-refractivity contribution in [1.82, 2.24) is 4.83 Å². The highest BCUT2D eigenvalue weighted by Gasteiger charge is 2.18. The molecule has 1 N–H and O–H groups in total. The summed E-state index contributed by atoms with van der Waals surface area (Å²) in [5, 5.41) is 3.74. The number of hydrazone groups is 1. The van der Waals surface area contributed by atoms with Gasteiger partial charge in [-0.05, 0) is 19.1 Å². The Morgan fingerprint density at radius 2 is 1.65 bits per heavy atom. The minimum Gasteiger partial charge on any atom is -0.464 e. The quantitative estimate of drug-likeness (QED) is 0.514. The van der Waals surface area contributed by atoms with Gasteiger partial charge in [-0.15, -0.1) is 0 Å². The number of nitrogens with one attached hydrogen (secondary N) is 1. The first-order valence-electron chi connectivity index (χ1n) is 6.74. The van der Waals surface area contributed by atoms with E-state index in [0.717, 1.165) is 5.56 Å². The normalized spacial score (nSPS) is 11.8. The molecule has 2 rings (SSSR count). The third-order valence-corrected chi connectivity index (χ3v) is 4.26. The summed E-state index contributed by atoms with van der Waals surface area (Å²) in [6, 6.07) is 14.7. The maximum atomic E-state index is 12.2. The van der Waals surface area contributed by atoms with E-state index in [-0.39, 0.29) is 10.6 Å². The van der Waals surface area contributed by atoms with Crippen molar-refractivity contribution in [2.45, 2.75) is 11.8 Å². The van der Waals surface area contributed by atoms with Gasteiger partial charge in [0.05, 0.1) is 12.0 Å². The molecule has 0 aliphatic heterocycles. The van der Waals surface area contributed by atoms with Crippen molar-refractivity contribution in [3.8, 4) is 0 Å². The van der Waals surface area contributed by atoms with Crippen LogP contribution in [0.3, 0.4) is 0 Å². The third-order valence-electron chi connectivity index (χ3n) is 3.03. The van der Waals surface area contributed by atoms with Crippen LogP contribution >= 0.6 is 0 Å². The summed E-state index contributed by atoms with van der Waals surface area (Å²) in [5.74, 6) is -0.734. The Kier molecular flexibility index (Phi) is 5.13. The lowest BCUT2D eigenvalue weighted by atomic mass is 10.1. The molecule has 0 radical (unpaired) electrons. The molecule has 0 aliphatic carbocycles. The van der Waals surface area contributed by atoms with E-state index in [1.54, 1.807) is 42.5 Å². The van der Waals surface area contributed by atoms with Crippen LogP contribution in [0.1, 0.15) is 11.1 Å². The van der Waals surface area contributed by atoms with E-state index in [1.807, 2.05) is 6.92 Å². The lowest BCUT2D eigenvalue weighted by Gasteiger charge is -2.07. The summed E-state index contributed by atoms with van der Waals surface area (Å²) in [6.45, 7) is 1.85. The first kappa shape index (κ1) is 16.7. The van der Waals surface area contributed by atoms with Crippen LogP contribution in [-0.4, -0.2) is 27.2 Å². The molecule has 6 nitrogen and oxygen atoms in total. The van der Waals surface area contributed by atoms with Crippen LogP contribution in [0.4, 0.5) is 0 Å². The number of rotatable bonds is 5. The number of aryl methyl sites for hydroxylation is 1. The SMILES string of the molecule is COC(=O)C(=NNS(=O)(=O)c1ccc(C)cc1)c1ccccc1. The molecule has 2 aromatic rings. The third kappa shape index (κ3) is 4.17. The summed E-state index contributed by atoms with van der Waals surface area (Å²) in [4.78, 5) is 13.9. The molecule has 0 spiro atoms. The van der Waals surface area contributed by atoms with E-state index in [0.29, 0.717) is 5.56 Å². The van der Waals surface area contributed by atoms with Crippen LogP contribution < -0.4 is 4.83 Å². The summed E-state index contributed by atoms with van der Waals surface area (Å²) >= 11 is 0. The second-order valence-corrected chi connectivity index (χ2v) is 6.39. The highest BCUT2D eigenvalue weighted by atomic mass is 32.2. The van der Waals surface area contributed by atoms with Gasteiger partial charge >= 0.3 is 5.97 Å². The topological polar surface area (TPSA) is 84.8 Å². The second kappa shape index (κ2) is 7.06. The fourth-order valence-electron chi connectivity index (χ4n) is 1.80. The van der Waals surface area contributed by atoms with Gasteiger partial charge in [-0.25, -0.2) is 4.79 Å². The van der Waals surface area contributed by atoms with Crippen LogP contribution in [0.25, 0.3) is 0 Å². The number of sulfonamides is 1. The van der Waals surface area contributed by atoms with Gasteiger partial charge in [0.1, 0.15) is 0 Å². The highest BCUT2D eigenvalue weighted by molar-refractivity contribution is 7.89. The average Bonchev–Trinajstić information content (AvgIpc) is 2.56. The highest BCUT2D eigenvalue weighted by Crippen LogP contribution is 2.10. The largest absolute Gasteiger partial charge is 0.464 e. The molecule has 0 aromatic heterocycles. The van der Waals surface area contributed by atoms with E-state index >= 15 is 0 Å². The number of carbonyl (C=O) groups excluding carboxylic acids is 1. The predicted octanol–water partition coefficient (Wildman–Crippen LogP) is 1.85. The number of hydrogen-bond donors (Lipinski definition) is 1. The Labute approximate surface area is 134 Å². The number of hydrogen-bond acceptors (Lipinski definition) is 5. The summed E-state index contributed by atoms with van der Waals surface area (Å²) < 4.78 is 29.1. The molecule has 0 saturated carbocycles. The Bertz CT molecular complexity index is 813. The molecule has 0 atom stereocenters. The molecular weight excluding hydrogens is 316 g/mol. The minimum absolute atomic E-state index is 0.0594. The summed E-state index contributed by atoms with van der Waals surface area (Å²) in [6.07, 6.45) is 0. The van der Waals surface area contributed by atoms with Crippen LogP contribution in [0.15, 0.2) is 64.6 Å². The van der Waals surface area contributed by atoms with Crippen LogP contribution in [-0.2, 0) is 19.6 Å². The van der Waals surface area contributed by atoms with Gasteiger partial charge in [0, 0.05) is 5.56 Å². The van der Waals surface area contributed by atoms with Gasteiger partial charge < -0.3 is 4.74 Å². The molecule has 0 bridgehead atoms. The van der Waals surface area contributed by atoms with Crippen molar-refractivity contribution in [2.24, 2.45) is 5.10 Å². The first-order valence-corrected chi connectivity index (χ1v) is 8.22. The fraction of sp³-hybridized carbons (Fsp3) is 0.125. The van der Waals surface area contributed by atoms with E-state index in [9.17, 15) is 13.2 Å². The number of carbonyl (C=O) groups is 1. The number of methoxy groups -OCH3 is 1. The number of ether oxygens (including phenoxy) is 1. The van der Waals surface area contributed by atoms with E-state index in [1.165, 1.54) is 19.2 Å². The molecule has 0 aliphatic rings. The Morgan fingerprint density at radius 3 is 2.22 bits per heavy atom. The molecule has 0 saturated heterocycles. The van der Waals surface area contributed by atoms with Crippen molar-refractivity contribution in [1.29, 1.82) is 0 Å². The van der Waals surface area contributed by atoms with Crippen LogP contribution in [0, 0.1) is 6.92 Å². The maximum absolute atomic E-state index is 12.2. The monoisotopic (exact) mass is 332 g/mol. The van der Waals surface area contributed by atoms with Gasteiger partial charge in [0.2, 0.25) is 0 Å². The molecule has 0 fully saturated rings. The molecule has 0 heterocycles. The molecule has 0 unspecified atom stereocenters. The van der Waals surface area contributed by atoms with Crippen molar-refractivity contribution in [2.75, 3.05) is 7.11 Å². The zero-order valence-electron chi connectivity index (χ0n) is 12.7. The van der Waals surface area contributed by atoms with Crippen molar-refractivity contribution >= 4 is 21.7 Å². The molecule has 7 heteroatoms. The zero-order valence-corrected chi connectivity index (χ0v) is 13.5. The standard InChI is InChI=1S/C16H16N2O4S/c1-12-8-10-14(11-9-12)23(20,21)18-17-15(16(19)22-2)13-6-4-3-5-7-13/h3-11,18H,1-2H3. The maximum Gasteiger partial charge on any atom is 0.359 e. The van der Waals surface area contributed by atoms with Gasteiger partial charge in [0.15, 0.2) is 5.71 Å². The summed E-state index contributed by atoms with van der Waals surface area (Å²) in [7, 11) is -2.66. The van der Waals surface area contributed by atoms with Crippen LogP contribution in [0.5, 0.6) is 0 Å². The average molecular weight is 332 g/mol. The minimum atomic E-state index is -3.87. The smallest absolute Gasteiger partial charge is 0.359 e. The number of esters is 1. The van der Waals surface area contributed by atoms with Crippen molar-refractivity contribution < 1.29 is 17.9 Å². The second-order valence-electron chi connectivity index (χ2n) is 4.73. The summed E-state index contributed by atoms with van der Waals surface area (Å²) in [5.41, 5.74) is 1.27. The molecule has 120 valence electrons. The van der Waals surface area contributed by atoms with Gasteiger partial charge in [0.25, 0.3) is 10.0 Å². The Morgan fingerprint density at radius 1 is 1.04 bits per heavy atom.